The van der Waals surface area contributed by atoms with Crippen LogP contribution in [0.4, 0.5) is 0 Å². The van der Waals surface area contributed by atoms with E-state index in [0.717, 1.165) is 6.42 Å². The maximum absolute atomic E-state index is 12.4. The number of hydrogen-bond acceptors (Lipinski definition) is 4. The summed E-state index contributed by atoms with van der Waals surface area (Å²) in [5.74, 6) is -0.252. The van der Waals surface area contributed by atoms with Gasteiger partial charge < -0.3 is 14.8 Å². The van der Waals surface area contributed by atoms with Crippen LogP contribution in [0.1, 0.15) is 37.0 Å². The summed E-state index contributed by atoms with van der Waals surface area (Å²) in [7, 11) is 2.84. The molecule has 0 aliphatic rings. The molecule has 0 bridgehead atoms. The van der Waals surface area contributed by atoms with Gasteiger partial charge in [-0.05, 0) is 47.5 Å². The summed E-state index contributed by atoms with van der Waals surface area (Å²) in [6.45, 7) is 3.60. The third-order valence-corrected chi connectivity index (χ3v) is 3.88. The van der Waals surface area contributed by atoms with Crippen LogP contribution in [0.15, 0.2) is 22.7 Å². The molecular formula is C15H20BrNO4. The van der Waals surface area contributed by atoms with Gasteiger partial charge in [0.05, 0.1) is 19.8 Å². The van der Waals surface area contributed by atoms with Crippen molar-refractivity contribution in [1.82, 2.24) is 5.32 Å². The Morgan fingerprint density at radius 1 is 1.33 bits per heavy atom. The highest BCUT2D eigenvalue weighted by Crippen LogP contribution is 2.24. The molecule has 0 fully saturated rings. The van der Waals surface area contributed by atoms with Crippen LogP contribution in [-0.2, 0) is 9.53 Å². The molecule has 1 atom stereocenters. The van der Waals surface area contributed by atoms with E-state index in [0.29, 0.717) is 22.2 Å². The van der Waals surface area contributed by atoms with Crippen molar-refractivity contribution >= 4 is 27.8 Å². The van der Waals surface area contributed by atoms with Crippen LogP contribution in [-0.4, -0.2) is 31.6 Å². The van der Waals surface area contributed by atoms with Gasteiger partial charge in [-0.25, -0.2) is 4.79 Å². The fraction of sp³-hybridized carbons (Fsp3) is 0.467. The van der Waals surface area contributed by atoms with Gasteiger partial charge in [-0.2, -0.15) is 0 Å². The van der Waals surface area contributed by atoms with Crippen molar-refractivity contribution in [2.45, 2.75) is 32.2 Å². The highest BCUT2D eigenvalue weighted by atomic mass is 79.9. The molecule has 0 aliphatic heterocycles. The molecule has 1 amide bonds. The number of carbonyl (C=O) groups excluding carboxylic acids is 2. The number of rotatable bonds is 6. The molecule has 0 saturated heterocycles. The van der Waals surface area contributed by atoms with Gasteiger partial charge in [0.2, 0.25) is 0 Å². The lowest BCUT2D eigenvalue weighted by Gasteiger charge is -2.27. The maximum Gasteiger partial charge on any atom is 0.331 e. The van der Waals surface area contributed by atoms with Crippen molar-refractivity contribution in [3.05, 3.63) is 28.2 Å². The van der Waals surface area contributed by atoms with Crippen LogP contribution in [0.5, 0.6) is 5.75 Å². The second kappa shape index (κ2) is 7.45. The van der Waals surface area contributed by atoms with E-state index < -0.39 is 11.5 Å². The zero-order chi connectivity index (χ0) is 16.0. The molecule has 0 spiro atoms. The molecular weight excluding hydrogens is 338 g/mol. The van der Waals surface area contributed by atoms with E-state index in [1.807, 2.05) is 6.92 Å². The number of benzene rings is 1. The first-order valence-corrected chi connectivity index (χ1v) is 7.41. The number of amides is 1. The fourth-order valence-corrected chi connectivity index (χ4v) is 2.49. The van der Waals surface area contributed by atoms with E-state index in [9.17, 15) is 9.59 Å². The van der Waals surface area contributed by atoms with Crippen LogP contribution >= 0.6 is 15.9 Å². The number of methoxy groups -OCH3 is 2. The molecule has 0 radical (unpaired) electrons. The zero-order valence-electron chi connectivity index (χ0n) is 12.7. The molecule has 0 unspecified atom stereocenters. The van der Waals surface area contributed by atoms with Gasteiger partial charge in [0.15, 0.2) is 0 Å². The van der Waals surface area contributed by atoms with Gasteiger partial charge >= 0.3 is 5.97 Å². The van der Waals surface area contributed by atoms with E-state index in [1.54, 1.807) is 25.1 Å². The normalized spacial score (nSPS) is 13.2. The summed E-state index contributed by atoms with van der Waals surface area (Å²) in [5, 5.41) is 2.75. The predicted molar refractivity (Wildman–Crippen MR) is 83.5 cm³/mol. The Morgan fingerprint density at radius 3 is 2.52 bits per heavy atom. The molecule has 1 aromatic carbocycles. The molecule has 1 N–H and O–H groups in total. The van der Waals surface area contributed by atoms with Crippen molar-refractivity contribution in [2.75, 3.05) is 14.2 Å². The minimum absolute atomic E-state index is 0.359. The summed E-state index contributed by atoms with van der Waals surface area (Å²) in [4.78, 5) is 24.4. The largest absolute Gasteiger partial charge is 0.497 e. The number of ether oxygens (including phenoxy) is 2. The summed E-state index contributed by atoms with van der Waals surface area (Å²) in [6, 6.07) is 5.08. The second-order valence-corrected chi connectivity index (χ2v) is 5.73. The summed E-state index contributed by atoms with van der Waals surface area (Å²) < 4.78 is 10.5. The van der Waals surface area contributed by atoms with E-state index >= 15 is 0 Å². The minimum atomic E-state index is -1.05. The smallest absolute Gasteiger partial charge is 0.331 e. The Balaban J connectivity index is 3.05. The fourth-order valence-electron chi connectivity index (χ4n) is 2.06. The van der Waals surface area contributed by atoms with Gasteiger partial charge in [-0.3, -0.25) is 4.79 Å². The number of halogens is 1. The topological polar surface area (TPSA) is 64.6 Å². The SMILES string of the molecule is CCC[C@](C)(NC(=O)c1cc(OC)ccc1Br)C(=O)OC. The summed E-state index contributed by atoms with van der Waals surface area (Å²) in [6.07, 6.45) is 1.23. The Kier molecular flexibility index (Phi) is 6.20. The van der Waals surface area contributed by atoms with Crippen LogP contribution in [0.25, 0.3) is 0 Å². The first-order chi connectivity index (χ1) is 9.87. The van der Waals surface area contributed by atoms with E-state index in [1.165, 1.54) is 14.2 Å². The van der Waals surface area contributed by atoms with E-state index in [2.05, 4.69) is 21.2 Å². The van der Waals surface area contributed by atoms with Gasteiger partial charge in [0.1, 0.15) is 11.3 Å². The van der Waals surface area contributed by atoms with Crippen LogP contribution in [0.2, 0.25) is 0 Å². The summed E-state index contributed by atoms with van der Waals surface area (Å²) >= 11 is 3.33. The van der Waals surface area contributed by atoms with Gasteiger partial charge in [0, 0.05) is 4.47 Å². The first-order valence-electron chi connectivity index (χ1n) is 6.62. The molecule has 0 aromatic heterocycles. The second-order valence-electron chi connectivity index (χ2n) is 4.87. The molecule has 0 saturated carbocycles. The van der Waals surface area contributed by atoms with Crippen molar-refractivity contribution in [2.24, 2.45) is 0 Å². The lowest BCUT2D eigenvalue weighted by atomic mass is 9.95. The highest BCUT2D eigenvalue weighted by molar-refractivity contribution is 9.10. The van der Waals surface area contributed by atoms with Gasteiger partial charge in [-0.15, -0.1) is 0 Å². The average molecular weight is 358 g/mol. The number of nitrogens with one attached hydrogen (secondary N) is 1. The summed E-state index contributed by atoms with van der Waals surface area (Å²) in [5.41, 5.74) is -0.649. The maximum atomic E-state index is 12.4. The Morgan fingerprint density at radius 2 is 2.00 bits per heavy atom. The Hall–Kier alpha value is -1.56. The molecule has 5 nitrogen and oxygen atoms in total. The van der Waals surface area contributed by atoms with Crippen molar-refractivity contribution in [1.29, 1.82) is 0 Å². The van der Waals surface area contributed by atoms with Gasteiger partial charge in [0.25, 0.3) is 5.91 Å². The first kappa shape index (κ1) is 17.5. The highest BCUT2D eigenvalue weighted by Gasteiger charge is 2.35. The number of esters is 1. The average Bonchev–Trinajstić information content (AvgIpc) is 2.46. The lowest BCUT2D eigenvalue weighted by Crippen LogP contribution is -2.52. The van der Waals surface area contributed by atoms with E-state index in [-0.39, 0.29) is 5.91 Å². The monoisotopic (exact) mass is 357 g/mol. The third kappa shape index (κ3) is 4.20. The van der Waals surface area contributed by atoms with Gasteiger partial charge in [-0.1, -0.05) is 13.3 Å². The molecule has 0 heterocycles. The molecule has 21 heavy (non-hydrogen) atoms. The van der Waals surface area contributed by atoms with Crippen molar-refractivity contribution in [3.8, 4) is 5.75 Å². The zero-order valence-corrected chi connectivity index (χ0v) is 14.2. The van der Waals surface area contributed by atoms with Crippen LogP contribution in [0, 0.1) is 0 Å². The van der Waals surface area contributed by atoms with E-state index in [4.69, 9.17) is 9.47 Å². The molecule has 116 valence electrons. The molecule has 1 rings (SSSR count). The Labute approximate surface area is 133 Å². The standard InChI is InChI=1S/C15H20BrNO4/c1-5-8-15(2,14(19)21-4)17-13(18)11-9-10(20-3)6-7-12(11)16/h6-7,9H,5,8H2,1-4H3,(H,17,18)/t15-/m0/s1. The van der Waals surface area contributed by atoms with Crippen LogP contribution in [0.3, 0.4) is 0 Å². The minimum Gasteiger partial charge on any atom is -0.497 e. The number of carbonyl (C=O) groups is 2. The Bertz CT molecular complexity index is 532. The molecule has 0 aliphatic carbocycles. The van der Waals surface area contributed by atoms with Crippen molar-refractivity contribution < 1.29 is 19.1 Å². The number of hydrogen-bond donors (Lipinski definition) is 1. The predicted octanol–water partition coefficient (Wildman–Crippen LogP) is 2.92. The lowest BCUT2D eigenvalue weighted by molar-refractivity contribution is -0.147. The quantitative estimate of drug-likeness (QED) is 0.795. The molecule has 6 heteroatoms. The molecule has 1 aromatic rings. The third-order valence-electron chi connectivity index (χ3n) is 3.19. The van der Waals surface area contributed by atoms with Crippen LogP contribution < -0.4 is 10.1 Å². The van der Waals surface area contributed by atoms with Crippen molar-refractivity contribution in [3.63, 3.8) is 0 Å².